The van der Waals surface area contributed by atoms with Crippen LogP contribution in [0.25, 0.3) is 0 Å². The summed E-state index contributed by atoms with van der Waals surface area (Å²) in [6.07, 6.45) is -1.26. The SMILES string of the molecule is OC(Cc1cc(F)ccc1F)c1cc(F)ccc1Br. The monoisotopic (exact) mass is 330 g/mol. The van der Waals surface area contributed by atoms with Gasteiger partial charge < -0.3 is 5.11 Å². The first-order valence-electron chi connectivity index (χ1n) is 5.54. The van der Waals surface area contributed by atoms with Crippen molar-refractivity contribution in [1.29, 1.82) is 0 Å². The summed E-state index contributed by atoms with van der Waals surface area (Å²) < 4.78 is 40.1. The van der Waals surface area contributed by atoms with E-state index in [2.05, 4.69) is 15.9 Å². The molecule has 0 aliphatic rings. The van der Waals surface area contributed by atoms with Gasteiger partial charge in [0.1, 0.15) is 17.5 Å². The summed E-state index contributed by atoms with van der Waals surface area (Å²) in [4.78, 5) is 0. The first-order valence-corrected chi connectivity index (χ1v) is 6.33. The summed E-state index contributed by atoms with van der Waals surface area (Å²) in [5.74, 6) is -1.69. The fraction of sp³-hybridized carbons (Fsp3) is 0.143. The minimum Gasteiger partial charge on any atom is -0.388 e. The van der Waals surface area contributed by atoms with Crippen molar-refractivity contribution in [1.82, 2.24) is 0 Å². The van der Waals surface area contributed by atoms with E-state index in [1.807, 2.05) is 0 Å². The zero-order valence-corrected chi connectivity index (χ0v) is 11.3. The number of halogens is 4. The maximum absolute atomic E-state index is 13.5. The summed E-state index contributed by atoms with van der Waals surface area (Å²) in [6, 6.07) is 6.87. The molecular formula is C14H10BrF3O. The highest BCUT2D eigenvalue weighted by atomic mass is 79.9. The van der Waals surface area contributed by atoms with Gasteiger partial charge in [-0.05, 0) is 47.5 Å². The van der Waals surface area contributed by atoms with Gasteiger partial charge in [0.05, 0.1) is 6.10 Å². The molecule has 0 aliphatic heterocycles. The molecule has 1 N–H and O–H groups in total. The van der Waals surface area contributed by atoms with Gasteiger partial charge in [0, 0.05) is 10.9 Å². The second-order valence-corrected chi connectivity index (χ2v) is 4.98. The Morgan fingerprint density at radius 2 is 1.63 bits per heavy atom. The van der Waals surface area contributed by atoms with Crippen molar-refractivity contribution in [2.24, 2.45) is 0 Å². The predicted octanol–water partition coefficient (Wildman–Crippen LogP) is 4.14. The van der Waals surface area contributed by atoms with E-state index in [0.29, 0.717) is 10.0 Å². The summed E-state index contributed by atoms with van der Waals surface area (Å²) in [7, 11) is 0. The molecule has 0 aromatic heterocycles. The van der Waals surface area contributed by atoms with Crippen molar-refractivity contribution in [3.8, 4) is 0 Å². The van der Waals surface area contributed by atoms with Gasteiger partial charge >= 0.3 is 0 Å². The highest BCUT2D eigenvalue weighted by Gasteiger charge is 2.15. The Morgan fingerprint density at radius 3 is 2.37 bits per heavy atom. The molecule has 2 rings (SSSR count). The van der Waals surface area contributed by atoms with Crippen molar-refractivity contribution in [2.75, 3.05) is 0 Å². The van der Waals surface area contributed by atoms with Crippen LogP contribution in [0.5, 0.6) is 0 Å². The molecule has 0 amide bonds. The molecule has 2 aromatic carbocycles. The van der Waals surface area contributed by atoms with E-state index in [4.69, 9.17) is 0 Å². The average Bonchev–Trinajstić information content (AvgIpc) is 2.36. The van der Waals surface area contributed by atoms with Crippen molar-refractivity contribution in [3.05, 3.63) is 69.4 Å². The molecule has 19 heavy (non-hydrogen) atoms. The molecule has 2 aromatic rings. The quantitative estimate of drug-likeness (QED) is 0.896. The van der Waals surface area contributed by atoms with E-state index >= 15 is 0 Å². The molecule has 5 heteroatoms. The zero-order chi connectivity index (χ0) is 14.0. The largest absolute Gasteiger partial charge is 0.388 e. The molecule has 0 fully saturated rings. The Hall–Kier alpha value is -1.33. The third-order valence-corrected chi connectivity index (χ3v) is 3.46. The van der Waals surface area contributed by atoms with E-state index in [1.165, 1.54) is 12.1 Å². The number of aliphatic hydroxyl groups is 1. The molecule has 0 aliphatic carbocycles. The maximum atomic E-state index is 13.5. The lowest BCUT2D eigenvalue weighted by molar-refractivity contribution is 0.176. The topological polar surface area (TPSA) is 20.2 Å². The molecule has 0 heterocycles. The average molecular weight is 331 g/mol. The van der Waals surface area contributed by atoms with Crippen molar-refractivity contribution in [3.63, 3.8) is 0 Å². The first kappa shape index (κ1) is 14.1. The van der Waals surface area contributed by atoms with Crippen molar-refractivity contribution < 1.29 is 18.3 Å². The van der Waals surface area contributed by atoms with Gasteiger partial charge in [0.15, 0.2) is 0 Å². The van der Waals surface area contributed by atoms with E-state index in [-0.39, 0.29) is 12.0 Å². The van der Waals surface area contributed by atoms with E-state index in [9.17, 15) is 18.3 Å². The van der Waals surface area contributed by atoms with Gasteiger partial charge in [-0.25, -0.2) is 13.2 Å². The number of benzene rings is 2. The lowest BCUT2D eigenvalue weighted by Crippen LogP contribution is -2.05. The van der Waals surface area contributed by atoms with E-state index < -0.39 is 23.6 Å². The van der Waals surface area contributed by atoms with E-state index in [0.717, 1.165) is 24.3 Å². The molecule has 0 bridgehead atoms. The van der Waals surface area contributed by atoms with Crippen LogP contribution < -0.4 is 0 Å². The third-order valence-electron chi connectivity index (χ3n) is 2.74. The smallest absolute Gasteiger partial charge is 0.126 e. The minimum atomic E-state index is -1.12. The second kappa shape index (κ2) is 5.75. The molecular weight excluding hydrogens is 321 g/mol. The Labute approximate surface area is 116 Å². The standard InChI is InChI=1S/C14H10BrF3O/c15-12-3-1-10(17)7-11(12)14(19)6-8-5-9(16)2-4-13(8)18/h1-5,7,14,19H,6H2. The third kappa shape index (κ3) is 3.36. The fourth-order valence-corrected chi connectivity index (χ4v) is 2.30. The molecule has 1 unspecified atom stereocenters. The van der Waals surface area contributed by atoms with Crippen LogP contribution in [0, 0.1) is 17.5 Å². The van der Waals surface area contributed by atoms with Crippen LogP contribution in [0.3, 0.4) is 0 Å². The van der Waals surface area contributed by atoms with Crippen molar-refractivity contribution in [2.45, 2.75) is 12.5 Å². The molecule has 1 nitrogen and oxygen atoms in total. The van der Waals surface area contributed by atoms with Crippen LogP contribution in [0.2, 0.25) is 0 Å². The van der Waals surface area contributed by atoms with Gasteiger partial charge in [-0.3, -0.25) is 0 Å². The van der Waals surface area contributed by atoms with E-state index in [1.54, 1.807) is 0 Å². The summed E-state index contributed by atoms with van der Waals surface area (Å²) in [5, 5.41) is 10.0. The molecule has 100 valence electrons. The van der Waals surface area contributed by atoms with Crippen LogP contribution in [0.4, 0.5) is 13.2 Å². The first-order chi connectivity index (χ1) is 8.97. The van der Waals surface area contributed by atoms with Gasteiger partial charge in [-0.1, -0.05) is 15.9 Å². The zero-order valence-electron chi connectivity index (χ0n) is 9.71. The lowest BCUT2D eigenvalue weighted by Gasteiger charge is -2.13. The summed E-state index contributed by atoms with van der Waals surface area (Å²) in [6.45, 7) is 0. The number of aliphatic hydroxyl groups excluding tert-OH is 1. The molecule has 0 radical (unpaired) electrons. The number of hydrogen-bond donors (Lipinski definition) is 1. The number of rotatable bonds is 3. The fourth-order valence-electron chi connectivity index (χ4n) is 1.79. The predicted molar refractivity (Wildman–Crippen MR) is 69.1 cm³/mol. The Balaban J connectivity index is 2.27. The Morgan fingerprint density at radius 1 is 1.00 bits per heavy atom. The van der Waals surface area contributed by atoms with Crippen molar-refractivity contribution >= 4 is 15.9 Å². The van der Waals surface area contributed by atoms with Crippen LogP contribution in [-0.2, 0) is 6.42 Å². The normalized spacial score (nSPS) is 12.5. The van der Waals surface area contributed by atoms with Crippen LogP contribution >= 0.6 is 15.9 Å². The maximum Gasteiger partial charge on any atom is 0.126 e. The van der Waals surface area contributed by atoms with Crippen LogP contribution in [0.1, 0.15) is 17.2 Å². The van der Waals surface area contributed by atoms with Crippen LogP contribution in [0.15, 0.2) is 40.9 Å². The highest BCUT2D eigenvalue weighted by molar-refractivity contribution is 9.10. The highest BCUT2D eigenvalue weighted by Crippen LogP contribution is 2.27. The lowest BCUT2D eigenvalue weighted by atomic mass is 10.0. The molecule has 0 spiro atoms. The molecule has 0 saturated carbocycles. The number of hydrogen-bond acceptors (Lipinski definition) is 1. The van der Waals surface area contributed by atoms with Crippen LogP contribution in [-0.4, -0.2) is 5.11 Å². The molecule has 0 saturated heterocycles. The molecule has 1 atom stereocenters. The Bertz CT molecular complexity index is 601. The minimum absolute atomic E-state index is 0.0451. The van der Waals surface area contributed by atoms with Gasteiger partial charge in [-0.15, -0.1) is 0 Å². The summed E-state index contributed by atoms with van der Waals surface area (Å²) in [5.41, 5.74) is 0.340. The second-order valence-electron chi connectivity index (χ2n) is 4.12. The Kier molecular flexibility index (Phi) is 4.27. The van der Waals surface area contributed by atoms with Gasteiger partial charge in [0.2, 0.25) is 0 Å². The van der Waals surface area contributed by atoms with Gasteiger partial charge in [0.25, 0.3) is 0 Å². The van der Waals surface area contributed by atoms with Gasteiger partial charge in [-0.2, -0.15) is 0 Å². The summed E-state index contributed by atoms with van der Waals surface area (Å²) >= 11 is 3.18.